The molecule has 0 aliphatic carbocycles. The van der Waals surface area contributed by atoms with Crippen LogP contribution in [0.5, 0.6) is 11.5 Å². The number of nitrogens with zero attached hydrogens (tertiary/aromatic N) is 3. The van der Waals surface area contributed by atoms with Crippen LogP contribution in [0.3, 0.4) is 0 Å². The molecule has 2 aromatic rings. The van der Waals surface area contributed by atoms with Crippen molar-refractivity contribution in [2.24, 2.45) is 5.10 Å². The fraction of sp³-hybridized carbons (Fsp3) is 0.188. The first-order valence-electron chi connectivity index (χ1n) is 7.42. The van der Waals surface area contributed by atoms with E-state index >= 15 is 0 Å². The molecule has 0 atom stereocenters. The Morgan fingerprint density at radius 3 is 2.89 bits per heavy atom. The van der Waals surface area contributed by atoms with Crippen molar-refractivity contribution in [1.82, 2.24) is 4.98 Å². The second-order valence-electron chi connectivity index (χ2n) is 4.90. The summed E-state index contributed by atoms with van der Waals surface area (Å²) in [7, 11) is 2.71. The Hall–Kier alpha value is -3.21. The smallest absolute Gasteiger partial charge is 0.343 e. The summed E-state index contributed by atoms with van der Waals surface area (Å²) in [4.78, 5) is 25.5. The molecule has 142 valence electrons. The fourth-order valence-corrected chi connectivity index (χ4v) is 2.52. The highest BCUT2D eigenvalue weighted by Gasteiger charge is 2.14. The third kappa shape index (κ3) is 5.38. The lowest BCUT2D eigenvalue weighted by atomic mass is 10.2. The fourth-order valence-electron chi connectivity index (χ4n) is 1.94. The minimum Gasteiger partial charge on any atom is -0.493 e. The number of pyridine rings is 1. The second-order valence-corrected chi connectivity index (χ2v) is 5.75. The monoisotopic (exact) mass is 438 g/mol. The van der Waals surface area contributed by atoms with Crippen LogP contribution in [0.1, 0.15) is 5.56 Å². The zero-order valence-electron chi connectivity index (χ0n) is 14.3. The summed E-state index contributed by atoms with van der Waals surface area (Å²) in [6, 6.07) is 6.07. The Morgan fingerprint density at radius 1 is 1.44 bits per heavy atom. The number of carbonyl (C=O) groups excluding carboxylic acids is 1. The van der Waals surface area contributed by atoms with Crippen LogP contribution in [0, 0.1) is 10.1 Å². The number of hydrazone groups is 1. The summed E-state index contributed by atoms with van der Waals surface area (Å²) in [6.07, 6.45) is 2.84. The number of methoxy groups -OCH3 is 2. The Morgan fingerprint density at radius 2 is 2.22 bits per heavy atom. The lowest BCUT2D eigenvalue weighted by molar-refractivity contribution is -0.384. The minimum absolute atomic E-state index is 0.0165. The number of halogens is 1. The number of benzene rings is 1. The van der Waals surface area contributed by atoms with Gasteiger partial charge in [-0.3, -0.25) is 15.5 Å². The van der Waals surface area contributed by atoms with Crippen molar-refractivity contribution in [1.29, 1.82) is 0 Å². The quantitative estimate of drug-likeness (QED) is 0.288. The minimum atomic E-state index is -0.558. The molecule has 0 aliphatic heterocycles. The van der Waals surface area contributed by atoms with Crippen LogP contribution < -0.4 is 14.9 Å². The van der Waals surface area contributed by atoms with Gasteiger partial charge in [-0.2, -0.15) is 5.10 Å². The van der Waals surface area contributed by atoms with Crippen molar-refractivity contribution in [3.8, 4) is 11.5 Å². The molecule has 0 saturated carbocycles. The van der Waals surface area contributed by atoms with Gasteiger partial charge in [0.2, 0.25) is 5.82 Å². The highest BCUT2D eigenvalue weighted by atomic mass is 79.9. The molecule has 10 nitrogen and oxygen atoms in total. The molecule has 1 N–H and O–H groups in total. The molecule has 0 radical (unpaired) electrons. The first-order valence-corrected chi connectivity index (χ1v) is 8.21. The standard InChI is InChI=1S/C16H15BrN4O6/c1-25-13-7-10(6-11(17)15(13)27-9-14(22)26-2)8-19-20-16-12(21(23)24)4-3-5-18-16/h3-8H,9H2,1-2H3,(H,18,20)/b19-8-. The number of esters is 1. The summed E-state index contributed by atoms with van der Waals surface area (Å²) < 4.78 is 15.7. The van der Waals surface area contributed by atoms with Crippen molar-refractivity contribution >= 4 is 39.6 Å². The van der Waals surface area contributed by atoms with Crippen LogP contribution in [0.15, 0.2) is 40.0 Å². The molecule has 0 bridgehead atoms. The van der Waals surface area contributed by atoms with Crippen LogP contribution in [-0.4, -0.2) is 42.9 Å². The average molecular weight is 439 g/mol. The van der Waals surface area contributed by atoms with E-state index in [0.717, 1.165) is 0 Å². The molecular weight excluding hydrogens is 424 g/mol. The van der Waals surface area contributed by atoms with Gasteiger partial charge in [0.1, 0.15) is 0 Å². The first kappa shape index (κ1) is 20.1. The van der Waals surface area contributed by atoms with Gasteiger partial charge in [0.15, 0.2) is 18.1 Å². The normalized spacial score (nSPS) is 10.5. The molecule has 2 rings (SSSR count). The van der Waals surface area contributed by atoms with Crippen molar-refractivity contribution < 1.29 is 23.9 Å². The predicted octanol–water partition coefficient (Wildman–Crippen LogP) is 2.76. The molecule has 27 heavy (non-hydrogen) atoms. The van der Waals surface area contributed by atoms with Gasteiger partial charge in [-0.1, -0.05) is 0 Å². The van der Waals surface area contributed by atoms with Crippen molar-refractivity contribution in [2.75, 3.05) is 26.3 Å². The maximum atomic E-state index is 11.2. The van der Waals surface area contributed by atoms with Crippen LogP contribution >= 0.6 is 15.9 Å². The number of nitrogens with one attached hydrogen (secondary N) is 1. The van der Waals surface area contributed by atoms with Crippen LogP contribution in [0.25, 0.3) is 0 Å². The van der Waals surface area contributed by atoms with E-state index in [-0.39, 0.29) is 18.1 Å². The van der Waals surface area contributed by atoms with E-state index in [4.69, 9.17) is 9.47 Å². The van der Waals surface area contributed by atoms with Gasteiger partial charge >= 0.3 is 11.7 Å². The molecule has 0 fully saturated rings. The molecule has 1 aromatic carbocycles. The van der Waals surface area contributed by atoms with Gasteiger partial charge in [0, 0.05) is 12.3 Å². The zero-order chi connectivity index (χ0) is 19.8. The first-order chi connectivity index (χ1) is 13.0. The maximum absolute atomic E-state index is 11.2. The molecule has 1 heterocycles. The topological polar surface area (TPSA) is 125 Å². The second kappa shape index (κ2) is 9.48. The van der Waals surface area contributed by atoms with Crippen LogP contribution in [-0.2, 0) is 9.53 Å². The molecule has 0 amide bonds. The van der Waals surface area contributed by atoms with Crippen molar-refractivity contribution in [2.45, 2.75) is 0 Å². The van der Waals surface area contributed by atoms with E-state index < -0.39 is 10.9 Å². The molecule has 1 aromatic heterocycles. The van der Waals surface area contributed by atoms with Gasteiger partial charge in [0.05, 0.1) is 29.8 Å². The van der Waals surface area contributed by atoms with E-state index in [2.05, 4.69) is 36.2 Å². The highest BCUT2D eigenvalue weighted by molar-refractivity contribution is 9.10. The summed E-state index contributed by atoms with van der Waals surface area (Å²) in [5.41, 5.74) is 2.94. The Bertz CT molecular complexity index is 874. The van der Waals surface area contributed by atoms with Crippen molar-refractivity contribution in [3.05, 3.63) is 50.6 Å². The van der Waals surface area contributed by atoms with Gasteiger partial charge in [-0.25, -0.2) is 9.78 Å². The molecule has 0 unspecified atom stereocenters. The van der Waals surface area contributed by atoms with E-state index in [0.29, 0.717) is 21.5 Å². The van der Waals surface area contributed by atoms with Gasteiger partial charge in [-0.15, -0.1) is 0 Å². The molecule has 0 saturated heterocycles. The number of carbonyl (C=O) groups is 1. The zero-order valence-corrected chi connectivity index (χ0v) is 15.9. The molecular formula is C16H15BrN4O6. The number of nitro groups is 1. The number of hydrogen-bond acceptors (Lipinski definition) is 9. The van der Waals surface area contributed by atoms with Gasteiger partial charge < -0.3 is 14.2 Å². The van der Waals surface area contributed by atoms with E-state index in [9.17, 15) is 14.9 Å². The molecule has 11 heteroatoms. The summed E-state index contributed by atoms with van der Waals surface area (Å²) >= 11 is 3.34. The van der Waals surface area contributed by atoms with Crippen molar-refractivity contribution in [3.63, 3.8) is 0 Å². The predicted molar refractivity (Wildman–Crippen MR) is 100 cm³/mol. The third-order valence-corrected chi connectivity index (χ3v) is 3.77. The number of aromatic nitrogens is 1. The SMILES string of the molecule is COC(=O)COc1c(Br)cc(/C=N\Nc2ncccc2[N+](=O)[O-])cc1OC. The average Bonchev–Trinajstić information content (AvgIpc) is 2.66. The van der Waals surface area contributed by atoms with Crippen LogP contribution in [0.2, 0.25) is 0 Å². The number of ether oxygens (including phenoxy) is 3. The third-order valence-electron chi connectivity index (χ3n) is 3.18. The number of rotatable bonds is 8. The van der Waals surface area contributed by atoms with Gasteiger partial charge in [-0.05, 0) is 39.7 Å². The number of anilines is 1. The van der Waals surface area contributed by atoms with E-state index in [1.54, 1.807) is 12.1 Å². The lowest BCUT2D eigenvalue weighted by Crippen LogP contribution is -2.13. The molecule has 0 aliphatic rings. The Balaban J connectivity index is 2.17. The molecule has 0 spiro atoms. The number of hydrogen-bond donors (Lipinski definition) is 1. The van der Waals surface area contributed by atoms with E-state index in [1.807, 2.05) is 0 Å². The summed E-state index contributed by atoms with van der Waals surface area (Å²) in [6.45, 7) is -0.274. The Labute approximate surface area is 162 Å². The van der Waals surface area contributed by atoms with Gasteiger partial charge in [0.25, 0.3) is 0 Å². The van der Waals surface area contributed by atoms with Crippen LogP contribution in [0.4, 0.5) is 11.5 Å². The largest absolute Gasteiger partial charge is 0.493 e. The summed E-state index contributed by atoms with van der Waals surface area (Å²) in [5, 5.41) is 14.9. The highest BCUT2D eigenvalue weighted by Crippen LogP contribution is 2.36. The lowest BCUT2D eigenvalue weighted by Gasteiger charge is -2.12. The summed E-state index contributed by atoms with van der Waals surface area (Å²) in [5.74, 6) is 0.172. The maximum Gasteiger partial charge on any atom is 0.343 e. The van der Waals surface area contributed by atoms with E-state index in [1.165, 1.54) is 38.8 Å². The Kier molecular flexibility index (Phi) is 7.06.